The summed E-state index contributed by atoms with van der Waals surface area (Å²) in [5, 5.41) is 4.07. The van der Waals surface area contributed by atoms with Gasteiger partial charge in [0, 0.05) is 12.8 Å². The highest BCUT2D eigenvalue weighted by Gasteiger charge is 2.44. The first-order valence-electron chi connectivity index (χ1n) is 21.2. The number of ether oxygens (including phenoxy) is 1. The summed E-state index contributed by atoms with van der Waals surface area (Å²) in [5.41, 5.74) is 2.56. The highest BCUT2D eigenvalue weighted by molar-refractivity contribution is 7.95. The Morgan fingerprint density at radius 2 is 1.20 bits per heavy atom. The van der Waals surface area contributed by atoms with Crippen molar-refractivity contribution in [3.8, 4) is 0 Å². The van der Waals surface area contributed by atoms with E-state index in [1.165, 1.54) is 73.7 Å². The van der Waals surface area contributed by atoms with Gasteiger partial charge < -0.3 is 4.74 Å². The van der Waals surface area contributed by atoms with Crippen LogP contribution in [0, 0.1) is 5.41 Å². The summed E-state index contributed by atoms with van der Waals surface area (Å²) in [6.07, 6.45) is 28.2. The Bertz CT molecular complexity index is 1620. The zero-order valence-electron chi connectivity index (χ0n) is 34.6. The molecule has 4 heteroatoms. The van der Waals surface area contributed by atoms with Crippen LogP contribution in [0.25, 0.3) is 0 Å². The van der Waals surface area contributed by atoms with Crippen molar-refractivity contribution in [1.82, 2.24) is 0 Å². The molecule has 0 radical (unpaired) electrons. The van der Waals surface area contributed by atoms with Gasteiger partial charge in [0.05, 0.1) is 6.16 Å². The van der Waals surface area contributed by atoms with Crippen LogP contribution in [0.5, 0.6) is 0 Å². The minimum absolute atomic E-state index is 0.0688. The summed E-state index contributed by atoms with van der Waals surface area (Å²) in [4.78, 5) is 26.4. The van der Waals surface area contributed by atoms with Crippen LogP contribution in [0.3, 0.4) is 0 Å². The van der Waals surface area contributed by atoms with Crippen molar-refractivity contribution in [3.63, 3.8) is 0 Å². The van der Waals surface area contributed by atoms with Gasteiger partial charge in [0.1, 0.15) is 23.2 Å². The molecule has 1 aliphatic carbocycles. The topological polar surface area (TPSA) is 43.4 Å². The fourth-order valence-electron chi connectivity index (χ4n) is 7.93. The first-order valence-corrected chi connectivity index (χ1v) is 23.2. The van der Waals surface area contributed by atoms with E-state index >= 15 is 0 Å². The normalized spacial score (nSPS) is 16.3. The van der Waals surface area contributed by atoms with Crippen molar-refractivity contribution in [1.29, 1.82) is 0 Å². The van der Waals surface area contributed by atoms with E-state index in [0.29, 0.717) is 18.4 Å². The lowest BCUT2D eigenvalue weighted by atomic mass is 9.71. The van der Waals surface area contributed by atoms with Crippen LogP contribution in [-0.2, 0) is 14.3 Å². The molecular formula is C51H68O3P+. The average molecular weight is 760 g/mol. The molecule has 0 bridgehead atoms. The number of rotatable bonds is 23. The molecule has 3 aromatic rings. The maximum absolute atomic E-state index is 13.6. The average Bonchev–Trinajstić information content (AvgIpc) is 3.19. The second kappa shape index (κ2) is 23.3. The number of allylic oxidation sites excluding steroid dienone is 7. The zero-order valence-corrected chi connectivity index (χ0v) is 35.5. The first-order chi connectivity index (χ1) is 26.7. The fraction of sp³-hybridized carbons (Fsp3) is 0.451. The Morgan fingerprint density at radius 1 is 0.727 bits per heavy atom. The summed E-state index contributed by atoms with van der Waals surface area (Å²) in [5.74, 6) is -0.319. The molecule has 1 atom stereocenters. The predicted molar refractivity (Wildman–Crippen MR) is 238 cm³/mol. The minimum atomic E-state index is -1.99. The van der Waals surface area contributed by atoms with Crippen LogP contribution >= 0.6 is 7.26 Å². The van der Waals surface area contributed by atoms with Crippen LogP contribution in [0.4, 0.5) is 0 Å². The van der Waals surface area contributed by atoms with Crippen LogP contribution < -0.4 is 15.9 Å². The number of carbonyl (C=O) groups excluding carboxylic acids is 2. The number of hydrogen-bond acceptors (Lipinski definition) is 3. The van der Waals surface area contributed by atoms with Gasteiger partial charge in [0.25, 0.3) is 0 Å². The molecule has 0 heterocycles. The van der Waals surface area contributed by atoms with E-state index in [1.807, 2.05) is 6.92 Å². The molecule has 0 amide bonds. The third kappa shape index (κ3) is 13.4. The van der Waals surface area contributed by atoms with E-state index in [4.69, 9.17) is 4.74 Å². The van der Waals surface area contributed by atoms with Crippen molar-refractivity contribution in [2.45, 2.75) is 137 Å². The molecule has 3 nitrogen and oxygen atoms in total. The van der Waals surface area contributed by atoms with E-state index in [0.717, 1.165) is 43.0 Å². The third-order valence-electron chi connectivity index (χ3n) is 11.2. The van der Waals surface area contributed by atoms with E-state index in [-0.39, 0.29) is 17.2 Å². The molecule has 0 aromatic heterocycles. The second-order valence-corrected chi connectivity index (χ2v) is 19.6. The van der Waals surface area contributed by atoms with Gasteiger partial charge in [0.15, 0.2) is 11.9 Å². The SMILES string of the molecule is CCCCCCCC/C=C\CCCCCCCC(=O)O[C@H]1CC(C)(C)C(C=CC(C)=CC[P+](c2ccccc2)(c2ccccc2)c2ccccc2)=C(C)C1=O. The van der Waals surface area contributed by atoms with Crippen molar-refractivity contribution in [2.75, 3.05) is 6.16 Å². The first kappa shape index (κ1) is 43.9. The highest BCUT2D eigenvalue weighted by Crippen LogP contribution is 2.55. The molecule has 1 aliphatic rings. The summed E-state index contributed by atoms with van der Waals surface area (Å²) >= 11 is 0. The molecule has 0 spiro atoms. The number of hydrogen-bond donors (Lipinski definition) is 0. The molecule has 0 saturated carbocycles. The number of carbonyl (C=O) groups is 2. The Hall–Kier alpha value is -3.81. The maximum atomic E-state index is 13.6. The fourth-order valence-corrected chi connectivity index (χ4v) is 12.1. The number of Topliss-reactive ketones (excluding diaryl/α,β-unsaturated/α-hetero) is 1. The van der Waals surface area contributed by atoms with Gasteiger partial charge in [-0.2, -0.15) is 0 Å². The van der Waals surface area contributed by atoms with Crippen LogP contribution in [-0.4, -0.2) is 24.0 Å². The summed E-state index contributed by atoms with van der Waals surface area (Å²) in [6.45, 7) is 10.6. The van der Waals surface area contributed by atoms with Crippen molar-refractivity contribution < 1.29 is 14.3 Å². The Labute approximate surface area is 334 Å². The van der Waals surface area contributed by atoms with Crippen LogP contribution in [0.1, 0.15) is 131 Å². The number of unbranched alkanes of at least 4 members (excludes halogenated alkanes) is 11. The van der Waals surface area contributed by atoms with Gasteiger partial charge in [-0.05, 0) is 105 Å². The van der Waals surface area contributed by atoms with Crippen molar-refractivity contribution in [2.24, 2.45) is 5.41 Å². The quantitative estimate of drug-likeness (QED) is 0.0318. The Kier molecular flexibility index (Phi) is 18.6. The van der Waals surface area contributed by atoms with Crippen LogP contribution in [0.2, 0.25) is 0 Å². The van der Waals surface area contributed by atoms with Crippen molar-refractivity contribution >= 4 is 34.9 Å². The monoisotopic (exact) mass is 759 g/mol. The number of esters is 1. The summed E-state index contributed by atoms with van der Waals surface area (Å²) < 4.78 is 5.84. The number of benzene rings is 3. The lowest BCUT2D eigenvalue weighted by Gasteiger charge is -2.36. The van der Waals surface area contributed by atoms with Gasteiger partial charge in [0.2, 0.25) is 0 Å². The lowest BCUT2D eigenvalue weighted by Crippen LogP contribution is -2.39. The third-order valence-corrected chi connectivity index (χ3v) is 15.5. The van der Waals surface area contributed by atoms with Gasteiger partial charge in [-0.15, -0.1) is 0 Å². The number of ketones is 1. The molecule has 4 rings (SSSR count). The molecular weight excluding hydrogens is 692 g/mol. The van der Waals surface area contributed by atoms with E-state index in [2.05, 4.69) is 149 Å². The molecule has 0 fully saturated rings. The van der Waals surface area contributed by atoms with E-state index in [1.54, 1.807) is 0 Å². The van der Waals surface area contributed by atoms with Gasteiger partial charge in [-0.1, -0.05) is 157 Å². The van der Waals surface area contributed by atoms with Gasteiger partial charge >= 0.3 is 5.97 Å². The van der Waals surface area contributed by atoms with Gasteiger partial charge in [-0.3, -0.25) is 9.59 Å². The van der Waals surface area contributed by atoms with E-state index in [9.17, 15) is 9.59 Å². The molecule has 0 N–H and O–H groups in total. The summed E-state index contributed by atoms with van der Waals surface area (Å²) in [6, 6.07) is 32.8. The lowest BCUT2D eigenvalue weighted by molar-refractivity contribution is -0.156. The molecule has 3 aromatic carbocycles. The van der Waals surface area contributed by atoms with Crippen molar-refractivity contribution in [3.05, 3.63) is 138 Å². The highest BCUT2D eigenvalue weighted by atomic mass is 31.2. The standard InChI is InChI=1S/C51H68O3P/c1-6-7-8-9-10-11-12-13-14-15-16-17-18-19-29-36-49(52)54-48-41-51(4,5)47(43(3)50(48)53)38-37-42(2)39-40-55(44-30-23-20-24-31-44,45-32-25-21-26-33-45)46-34-27-22-28-35-46/h13-14,20-28,30-35,37-39,48H,6-12,15-19,29,36,40-41H2,1-5H3/q+1/b14-13-,38-37?,42-39?/t48-/m0/s1. The maximum Gasteiger partial charge on any atom is 0.306 e. The summed E-state index contributed by atoms with van der Waals surface area (Å²) in [7, 11) is -1.99. The van der Waals surface area contributed by atoms with Gasteiger partial charge in [-0.25, -0.2) is 0 Å². The Balaban J connectivity index is 1.30. The molecule has 294 valence electrons. The van der Waals surface area contributed by atoms with E-state index < -0.39 is 13.4 Å². The zero-order chi connectivity index (χ0) is 39.4. The predicted octanol–water partition coefficient (Wildman–Crippen LogP) is 12.7. The smallest absolute Gasteiger partial charge is 0.306 e. The van der Waals surface area contributed by atoms with Crippen LogP contribution in [0.15, 0.2) is 138 Å². The Morgan fingerprint density at radius 3 is 1.71 bits per heavy atom. The largest absolute Gasteiger partial charge is 0.454 e. The minimum Gasteiger partial charge on any atom is -0.454 e. The molecule has 55 heavy (non-hydrogen) atoms. The molecule has 0 unspecified atom stereocenters. The second-order valence-electron chi connectivity index (χ2n) is 16.1. The molecule has 0 aliphatic heterocycles. The molecule has 0 saturated heterocycles.